The number of rotatable bonds is 4. The van der Waals surface area contributed by atoms with Crippen LogP contribution in [-0.4, -0.2) is 47.9 Å². The summed E-state index contributed by atoms with van der Waals surface area (Å²) >= 11 is 0. The number of aromatic nitrogens is 1. The summed E-state index contributed by atoms with van der Waals surface area (Å²) in [5.41, 5.74) is 1.30. The van der Waals surface area contributed by atoms with Gasteiger partial charge in [0.1, 0.15) is 5.60 Å². The van der Waals surface area contributed by atoms with Gasteiger partial charge in [-0.15, -0.1) is 0 Å². The number of pyridine rings is 1. The molecule has 0 radical (unpaired) electrons. The Morgan fingerprint density at radius 1 is 1.26 bits per heavy atom. The van der Waals surface area contributed by atoms with Crippen LogP contribution in [0.3, 0.4) is 0 Å². The molecule has 1 fully saturated rings. The summed E-state index contributed by atoms with van der Waals surface area (Å²) in [5, 5.41) is 1.01. The van der Waals surface area contributed by atoms with E-state index < -0.39 is 5.60 Å². The minimum absolute atomic E-state index is 0.0894. The number of carbonyl (C=O) groups excluding carboxylic acids is 1. The third-order valence-electron chi connectivity index (χ3n) is 4.59. The van der Waals surface area contributed by atoms with Crippen LogP contribution in [-0.2, 0) is 16.0 Å². The fourth-order valence-corrected chi connectivity index (χ4v) is 3.30. The molecule has 0 bridgehead atoms. The van der Waals surface area contributed by atoms with Gasteiger partial charge in [0.2, 0.25) is 5.88 Å². The van der Waals surface area contributed by atoms with Gasteiger partial charge in [-0.2, -0.15) is 0 Å². The van der Waals surface area contributed by atoms with Crippen LogP contribution in [0.5, 0.6) is 5.88 Å². The largest absolute Gasteiger partial charge is 0.481 e. The molecule has 0 spiro atoms. The zero-order valence-electron chi connectivity index (χ0n) is 16.5. The topological polar surface area (TPSA) is 60.9 Å². The van der Waals surface area contributed by atoms with Gasteiger partial charge in [0, 0.05) is 30.7 Å². The predicted molar refractivity (Wildman–Crippen MR) is 104 cm³/mol. The van der Waals surface area contributed by atoms with Crippen molar-refractivity contribution in [2.75, 3.05) is 20.3 Å². The second-order valence-corrected chi connectivity index (χ2v) is 7.79. The fourth-order valence-electron chi connectivity index (χ4n) is 3.30. The number of carbonyl (C=O) groups is 1. The number of benzene rings is 1. The highest BCUT2D eigenvalue weighted by Gasteiger charge is 2.30. The molecular formula is C21H28N2O4. The molecule has 1 amide bonds. The first-order valence-electron chi connectivity index (χ1n) is 9.37. The van der Waals surface area contributed by atoms with Crippen molar-refractivity contribution in [2.45, 2.75) is 51.8 Å². The van der Waals surface area contributed by atoms with E-state index in [1.165, 1.54) is 0 Å². The number of fused-ring (bicyclic) bond motifs is 1. The molecule has 1 saturated heterocycles. The van der Waals surface area contributed by atoms with Crippen molar-refractivity contribution >= 4 is 17.0 Å². The summed E-state index contributed by atoms with van der Waals surface area (Å²) in [7, 11) is 1.60. The Kier molecular flexibility index (Phi) is 5.85. The molecule has 1 aromatic carbocycles. The first-order valence-corrected chi connectivity index (χ1v) is 9.37. The molecule has 1 aliphatic rings. The molecule has 2 aromatic rings. The second kappa shape index (κ2) is 8.13. The van der Waals surface area contributed by atoms with Gasteiger partial charge < -0.3 is 19.1 Å². The number of methoxy groups -OCH3 is 1. The lowest BCUT2D eigenvalue weighted by Crippen LogP contribution is -2.45. The molecule has 0 atom stereocenters. The zero-order valence-corrected chi connectivity index (χ0v) is 16.5. The van der Waals surface area contributed by atoms with E-state index in [1.807, 2.05) is 56.0 Å². The standard InChI is InChI=1S/C21H28N2O4/c1-21(2,3)27-20(24)23(16-9-11-26-12-10-16)14-15-13-19(25-4)22-18-8-6-5-7-17(15)18/h5-8,13,16H,9-12,14H2,1-4H3. The first kappa shape index (κ1) is 19.4. The van der Waals surface area contributed by atoms with Gasteiger partial charge in [0.25, 0.3) is 0 Å². The van der Waals surface area contributed by atoms with Crippen molar-refractivity contribution in [1.29, 1.82) is 0 Å². The Hall–Kier alpha value is -2.34. The van der Waals surface area contributed by atoms with E-state index in [1.54, 1.807) is 7.11 Å². The van der Waals surface area contributed by atoms with Crippen molar-refractivity contribution in [3.8, 4) is 5.88 Å². The SMILES string of the molecule is COc1cc(CN(C(=O)OC(C)(C)C)C2CCOCC2)c2ccccc2n1. The van der Waals surface area contributed by atoms with Crippen molar-refractivity contribution in [2.24, 2.45) is 0 Å². The van der Waals surface area contributed by atoms with E-state index >= 15 is 0 Å². The lowest BCUT2D eigenvalue weighted by atomic mass is 10.0. The van der Waals surface area contributed by atoms with Gasteiger partial charge in [-0.05, 0) is 45.2 Å². The van der Waals surface area contributed by atoms with Crippen molar-refractivity contribution in [1.82, 2.24) is 9.88 Å². The molecule has 0 unspecified atom stereocenters. The van der Waals surface area contributed by atoms with Crippen molar-refractivity contribution in [3.63, 3.8) is 0 Å². The number of hydrogen-bond acceptors (Lipinski definition) is 5. The Morgan fingerprint density at radius 2 is 1.96 bits per heavy atom. The lowest BCUT2D eigenvalue weighted by Gasteiger charge is -2.35. The van der Waals surface area contributed by atoms with E-state index in [-0.39, 0.29) is 12.1 Å². The van der Waals surface area contributed by atoms with E-state index in [2.05, 4.69) is 4.98 Å². The molecule has 1 aliphatic heterocycles. The van der Waals surface area contributed by atoms with Crippen LogP contribution in [0.4, 0.5) is 4.79 Å². The summed E-state index contributed by atoms with van der Waals surface area (Å²) in [4.78, 5) is 19.3. The molecule has 146 valence electrons. The molecule has 6 heteroatoms. The maximum absolute atomic E-state index is 13.0. The molecule has 2 heterocycles. The number of hydrogen-bond donors (Lipinski definition) is 0. The quantitative estimate of drug-likeness (QED) is 0.806. The predicted octanol–water partition coefficient (Wildman–Crippen LogP) is 4.16. The average molecular weight is 372 g/mol. The van der Waals surface area contributed by atoms with Gasteiger partial charge in [0.05, 0.1) is 19.2 Å². The molecule has 0 saturated carbocycles. The highest BCUT2D eigenvalue weighted by Crippen LogP contribution is 2.27. The van der Waals surface area contributed by atoms with Gasteiger partial charge in [0.15, 0.2) is 0 Å². The number of nitrogens with zero attached hydrogens (tertiary/aromatic N) is 2. The van der Waals surface area contributed by atoms with Crippen LogP contribution in [0.25, 0.3) is 10.9 Å². The number of para-hydroxylation sites is 1. The van der Waals surface area contributed by atoms with Gasteiger partial charge in [-0.25, -0.2) is 9.78 Å². The molecule has 0 N–H and O–H groups in total. The summed E-state index contributed by atoms with van der Waals surface area (Å²) < 4.78 is 16.5. The number of ether oxygens (including phenoxy) is 3. The van der Waals surface area contributed by atoms with E-state index in [0.717, 1.165) is 29.3 Å². The Balaban J connectivity index is 1.95. The maximum atomic E-state index is 13.0. The van der Waals surface area contributed by atoms with Gasteiger partial charge >= 0.3 is 6.09 Å². The Morgan fingerprint density at radius 3 is 2.63 bits per heavy atom. The van der Waals surface area contributed by atoms with Crippen molar-refractivity contribution < 1.29 is 19.0 Å². The highest BCUT2D eigenvalue weighted by atomic mass is 16.6. The summed E-state index contributed by atoms with van der Waals surface area (Å²) in [6, 6.07) is 9.89. The molecule has 0 aliphatic carbocycles. The second-order valence-electron chi connectivity index (χ2n) is 7.79. The fraction of sp³-hybridized carbons (Fsp3) is 0.524. The van der Waals surface area contributed by atoms with Crippen LogP contribution in [0.15, 0.2) is 30.3 Å². The molecule has 27 heavy (non-hydrogen) atoms. The van der Waals surface area contributed by atoms with E-state index in [9.17, 15) is 4.79 Å². The minimum atomic E-state index is -0.543. The van der Waals surface area contributed by atoms with E-state index in [4.69, 9.17) is 14.2 Å². The average Bonchev–Trinajstić information content (AvgIpc) is 2.65. The van der Waals surface area contributed by atoms with Gasteiger partial charge in [-0.1, -0.05) is 18.2 Å². The molecule has 3 rings (SSSR count). The third-order valence-corrected chi connectivity index (χ3v) is 4.59. The minimum Gasteiger partial charge on any atom is -0.481 e. The lowest BCUT2D eigenvalue weighted by molar-refractivity contribution is -0.00799. The summed E-state index contributed by atoms with van der Waals surface area (Å²) in [5.74, 6) is 0.541. The van der Waals surface area contributed by atoms with Crippen LogP contribution in [0.1, 0.15) is 39.2 Å². The Labute approximate surface area is 160 Å². The first-order chi connectivity index (χ1) is 12.9. The number of amides is 1. The third kappa shape index (κ3) is 4.89. The molecule has 1 aromatic heterocycles. The van der Waals surface area contributed by atoms with Crippen LogP contribution in [0, 0.1) is 0 Å². The molecule has 6 nitrogen and oxygen atoms in total. The summed E-state index contributed by atoms with van der Waals surface area (Å²) in [6.45, 7) is 7.42. The highest BCUT2D eigenvalue weighted by molar-refractivity contribution is 5.83. The van der Waals surface area contributed by atoms with Crippen LogP contribution >= 0.6 is 0 Å². The molecular weight excluding hydrogens is 344 g/mol. The van der Waals surface area contributed by atoms with Gasteiger partial charge in [-0.3, -0.25) is 0 Å². The smallest absolute Gasteiger partial charge is 0.410 e. The zero-order chi connectivity index (χ0) is 19.4. The van der Waals surface area contributed by atoms with Crippen LogP contribution < -0.4 is 4.74 Å². The summed E-state index contributed by atoms with van der Waals surface area (Å²) in [6.07, 6.45) is 1.31. The maximum Gasteiger partial charge on any atom is 0.410 e. The van der Waals surface area contributed by atoms with Crippen LogP contribution in [0.2, 0.25) is 0 Å². The van der Waals surface area contributed by atoms with E-state index in [0.29, 0.717) is 25.6 Å². The van der Waals surface area contributed by atoms with Crippen molar-refractivity contribution in [3.05, 3.63) is 35.9 Å². The normalized spacial score (nSPS) is 15.6. The monoisotopic (exact) mass is 372 g/mol. The Bertz CT molecular complexity index is 794.